The van der Waals surface area contributed by atoms with E-state index in [4.69, 9.17) is 9.47 Å². The van der Waals surface area contributed by atoms with Crippen molar-refractivity contribution < 1.29 is 19.1 Å². The van der Waals surface area contributed by atoms with E-state index < -0.39 is 5.97 Å². The normalized spacial score (nSPS) is 15.4. The van der Waals surface area contributed by atoms with Gasteiger partial charge >= 0.3 is 5.97 Å². The molecule has 1 saturated carbocycles. The van der Waals surface area contributed by atoms with Gasteiger partial charge in [0.25, 0.3) is 5.91 Å². The van der Waals surface area contributed by atoms with E-state index >= 15 is 0 Å². The van der Waals surface area contributed by atoms with Gasteiger partial charge in [0.2, 0.25) is 0 Å². The lowest BCUT2D eigenvalue weighted by molar-refractivity contribution is -0.125. The zero-order chi connectivity index (χ0) is 17.2. The van der Waals surface area contributed by atoms with Crippen LogP contribution in [0.3, 0.4) is 0 Å². The van der Waals surface area contributed by atoms with Gasteiger partial charge in [0.1, 0.15) is 5.75 Å². The number of carbonyl (C=O) groups excluding carboxylic acids is 2. The third-order valence-electron chi connectivity index (χ3n) is 4.12. The van der Waals surface area contributed by atoms with Gasteiger partial charge in [0.15, 0.2) is 6.61 Å². The fourth-order valence-electron chi connectivity index (χ4n) is 2.81. The summed E-state index contributed by atoms with van der Waals surface area (Å²) >= 11 is 0. The van der Waals surface area contributed by atoms with Crippen LogP contribution in [0.25, 0.3) is 0 Å². The van der Waals surface area contributed by atoms with Crippen molar-refractivity contribution in [3.05, 3.63) is 29.8 Å². The van der Waals surface area contributed by atoms with Crippen LogP contribution in [0.2, 0.25) is 0 Å². The quantitative estimate of drug-likeness (QED) is 0.613. The molecule has 0 unspecified atom stereocenters. The second-order valence-electron chi connectivity index (χ2n) is 6.20. The highest BCUT2D eigenvalue weighted by Crippen LogP contribution is 2.17. The molecule has 0 radical (unpaired) electrons. The summed E-state index contributed by atoms with van der Waals surface area (Å²) in [6.45, 7) is 2.44. The minimum Gasteiger partial charge on any atom is -0.494 e. The topological polar surface area (TPSA) is 64.6 Å². The highest BCUT2D eigenvalue weighted by atomic mass is 16.5. The first kappa shape index (κ1) is 18.3. The van der Waals surface area contributed by atoms with E-state index in [2.05, 4.69) is 5.32 Å². The molecule has 1 aromatic carbocycles. The zero-order valence-electron chi connectivity index (χ0n) is 14.4. The number of nitrogens with one attached hydrogen (secondary N) is 1. The summed E-state index contributed by atoms with van der Waals surface area (Å²) in [5, 5.41) is 2.96. The number of carbonyl (C=O) groups is 2. The monoisotopic (exact) mass is 333 g/mol. The summed E-state index contributed by atoms with van der Waals surface area (Å²) in [7, 11) is 0. The maximum Gasteiger partial charge on any atom is 0.338 e. The number of rotatable bonds is 7. The van der Waals surface area contributed by atoms with Gasteiger partial charge in [-0.15, -0.1) is 0 Å². The molecule has 0 spiro atoms. The predicted molar refractivity (Wildman–Crippen MR) is 92.1 cm³/mol. The molecule has 132 valence electrons. The molecule has 1 amide bonds. The summed E-state index contributed by atoms with van der Waals surface area (Å²) in [5.41, 5.74) is 0.418. The number of hydrogen-bond acceptors (Lipinski definition) is 4. The molecule has 5 nitrogen and oxygen atoms in total. The molecule has 24 heavy (non-hydrogen) atoms. The minimum atomic E-state index is -0.493. The zero-order valence-corrected chi connectivity index (χ0v) is 14.4. The second kappa shape index (κ2) is 9.96. The van der Waals surface area contributed by atoms with E-state index in [9.17, 15) is 9.59 Å². The molecule has 5 heteroatoms. The maximum absolute atomic E-state index is 12.0. The average molecular weight is 333 g/mol. The highest BCUT2D eigenvalue weighted by Gasteiger charge is 2.16. The molecule has 0 aliphatic heterocycles. The number of ether oxygens (including phenoxy) is 2. The Labute approximate surface area is 143 Å². The van der Waals surface area contributed by atoms with E-state index in [0.717, 1.165) is 37.9 Å². The highest BCUT2D eigenvalue weighted by molar-refractivity contribution is 5.91. The first-order valence-corrected chi connectivity index (χ1v) is 8.88. The third-order valence-corrected chi connectivity index (χ3v) is 4.12. The summed E-state index contributed by atoms with van der Waals surface area (Å²) in [6.07, 6.45) is 7.73. The van der Waals surface area contributed by atoms with Crippen LogP contribution >= 0.6 is 0 Å². The first-order chi connectivity index (χ1) is 11.7. The Balaban J connectivity index is 1.74. The van der Waals surface area contributed by atoms with Crippen molar-refractivity contribution in [3.63, 3.8) is 0 Å². The van der Waals surface area contributed by atoms with Gasteiger partial charge in [-0.05, 0) is 43.5 Å². The Hall–Kier alpha value is -2.04. The van der Waals surface area contributed by atoms with Crippen LogP contribution in [0.15, 0.2) is 24.3 Å². The maximum atomic E-state index is 12.0. The van der Waals surface area contributed by atoms with Crippen LogP contribution in [-0.2, 0) is 9.53 Å². The van der Waals surface area contributed by atoms with E-state index in [1.54, 1.807) is 24.3 Å². The van der Waals surface area contributed by atoms with Crippen molar-refractivity contribution in [2.24, 2.45) is 0 Å². The van der Waals surface area contributed by atoms with Crippen LogP contribution in [0, 0.1) is 0 Å². The minimum absolute atomic E-state index is 0.216. The van der Waals surface area contributed by atoms with Crippen LogP contribution < -0.4 is 10.1 Å². The molecule has 0 atom stereocenters. The van der Waals surface area contributed by atoms with Gasteiger partial charge in [0.05, 0.1) is 12.2 Å². The lowest BCUT2D eigenvalue weighted by Gasteiger charge is -2.16. The smallest absolute Gasteiger partial charge is 0.338 e. The lowest BCUT2D eigenvalue weighted by Crippen LogP contribution is -2.37. The molecule has 1 fully saturated rings. The Morgan fingerprint density at radius 1 is 1.08 bits per heavy atom. The first-order valence-electron chi connectivity index (χ1n) is 8.88. The van der Waals surface area contributed by atoms with Gasteiger partial charge in [-0.1, -0.05) is 32.6 Å². The van der Waals surface area contributed by atoms with Crippen molar-refractivity contribution in [1.82, 2.24) is 5.32 Å². The van der Waals surface area contributed by atoms with Gasteiger partial charge in [-0.25, -0.2) is 4.79 Å². The van der Waals surface area contributed by atoms with Gasteiger partial charge in [-0.3, -0.25) is 4.79 Å². The molecule has 1 aliphatic rings. The SMILES string of the molecule is CCCOc1ccc(C(=O)OCC(=O)NC2CCCCCC2)cc1. The van der Waals surface area contributed by atoms with Gasteiger partial charge in [0, 0.05) is 6.04 Å². The molecule has 1 aromatic rings. The lowest BCUT2D eigenvalue weighted by atomic mass is 10.1. The van der Waals surface area contributed by atoms with Crippen LogP contribution in [-0.4, -0.2) is 31.1 Å². The molecule has 1 N–H and O–H groups in total. The molecule has 0 saturated heterocycles. The number of amides is 1. The van der Waals surface area contributed by atoms with E-state index in [1.165, 1.54) is 12.8 Å². The summed E-state index contributed by atoms with van der Waals surface area (Å²) < 4.78 is 10.6. The Morgan fingerprint density at radius 2 is 1.75 bits per heavy atom. The van der Waals surface area contributed by atoms with Crippen molar-refractivity contribution in [3.8, 4) is 5.75 Å². The largest absolute Gasteiger partial charge is 0.494 e. The number of hydrogen-bond donors (Lipinski definition) is 1. The fourth-order valence-corrected chi connectivity index (χ4v) is 2.81. The number of benzene rings is 1. The van der Waals surface area contributed by atoms with Gasteiger partial charge < -0.3 is 14.8 Å². The van der Waals surface area contributed by atoms with Crippen molar-refractivity contribution in [2.75, 3.05) is 13.2 Å². The number of esters is 1. The molecule has 1 aliphatic carbocycles. The standard InChI is InChI=1S/C19H27NO4/c1-2-13-23-17-11-9-15(10-12-17)19(22)24-14-18(21)20-16-7-5-3-4-6-8-16/h9-12,16H,2-8,13-14H2,1H3,(H,20,21). The summed E-state index contributed by atoms with van der Waals surface area (Å²) in [5.74, 6) is 0.00529. The summed E-state index contributed by atoms with van der Waals surface area (Å²) in [6, 6.07) is 6.98. The van der Waals surface area contributed by atoms with Crippen LogP contribution in [0.4, 0.5) is 0 Å². The van der Waals surface area contributed by atoms with Crippen LogP contribution in [0.1, 0.15) is 62.2 Å². The molecular weight excluding hydrogens is 306 g/mol. The Morgan fingerprint density at radius 3 is 2.38 bits per heavy atom. The van der Waals surface area contributed by atoms with Crippen molar-refractivity contribution in [2.45, 2.75) is 57.9 Å². The fraction of sp³-hybridized carbons (Fsp3) is 0.579. The molecule has 0 bridgehead atoms. The Kier molecular flexibility index (Phi) is 7.59. The molecule has 2 rings (SSSR count). The van der Waals surface area contributed by atoms with Crippen LogP contribution in [0.5, 0.6) is 5.75 Å². The van der Waals surface area contributed by atoms with E-state index in [1.807, 2.05) is 6.92 Å². The summed E-state index contributed by atoms with van der Waals surface area (Å²) in [4.78, 5) is 23.9. The van der Waals surface area contributed by atoms with Crippen molar-refractivity contribution >= 4 is 11.9 Å². The van der Waals surface area contributed by atoms with Gasteiger partial charge in [-0.2, -0.15) is 0 Å². The molecule has 0 heterocycles. The molecular formula is C19H27NO4. The average Bonchev–Trinajstić information content (AvgIpc) is 2.87. The predicted octanol–water partition coefficient (Wildman–Crippen LogP) is 3.47. The third kappa shape index (κ3) is 6.22. The Bertz CT molecular complexity index is 519. The van der Waals surface area contributed by atoms with E-state index in [0.29, 0.717) is 12.2 Å². The van der Waals surface area contributed by atoms with Crippen molar-refractivity contribution in [1.29, 1.82) is 0 Å². The molecule has 0 aromatic heterocycles. The second-order valence-corrected chi connectivity index (χ2v) is 6.20. The van der Waals surface area contributed by atoms with E-state index in [-0.39, 0.29) is 18.6 Å².